The van der Waals surface area contributed by atoms with E-state index in [1.165, 1.54) is 13.0 Å². The minimum absolute atomic E-state index is 0.0473. The molecule has 1 aromatic carbocycles. The molecular formula is C19H19N3O5. The van der Waals surface area contributed by atoms with E-state index in [2.05, 4.69) is 10.6 Å². The number of hydrogen-bond donors (Lipinski definition) is 2. The number of Topliss-reactive ketones (excluding diaryl/α,β-unsaturated/α-hetero) is 1. The Morgan fingerprint density at radius 2 is 1.89 bits per heavy atom. The van der Waals surface area contributed by atoms with Gasteiger partial charge in [0.15, 0.2) is 5.78 Å². The maximum Gasteiger partial charge on any atom is 0.319 e. The van der Waals surface area contributed by atoms with E-state index in [0.29, 0.717) is 33.9 Å². The topological polar surface area (TPSA) is 114 Å². The lowest BCUT2D eigenvalue weighted by Gasteiger charge is -2.26. The van der Waals surface area contributed by atoms with Gasteiger partial charge in [-0.3, -0.25) is 14.9 Å². The summed E-state index contributed by atoms with van der Waals surface area (Å²) in [6, 6.07) is 5.52. The minimum atomic E-state index is -0.690. The number of nitrogens with one attached hydrogen (secondary N) is 2. The van der Waals surface area contributed by atoms with Gasteiger partial charge in [0.25, 0.3) is 5.69 Å². The molecule has 140 valence electrons. The minimum Gasteiger partial charge on any atom is -0.459 e. The molecule has 0 fully saturated rings. The van der Waals surface area contributed by atoms with Gasteiger partial charge in [0.1, 0.15) is 17.6 Å². The first-order chi connectivity index (χ1) is 12.7. The predicted octanol–water partition coefficient (Wildman–Crippen LogP) is 3.69. The smallest absolute Gasteiger partial charge is 0.319 e. The molecule has 1 aromatic heterocycles. The molecule has 0 bridgehead atoms. The van der Waals surface area contributed by atoms with Crippen molar-refractivity contribution in [2.75, 3.05) is 0 Å². The van der Waals surface area contributed by atoms with Crippen LogP contribution in [0.2, 0.25) is 0 Å². The SMILES string of the molecule is CC(=O)C1=C(C)NC(=O)NC1c1ccc(-c2cc(C)c([N+](=O)[O-])cc2C)o1. The maximum absolute atomic E-state index is 12.0. The van der Waals surface area contributed by atoms with Crippen molar-refractivity contribution >= 4 is 17.5 Å². The molecule has 1 unspecified atom stereocenters. The third-order valence-electron chi connectivity index (χ3n) is 4.56. The molecule has 2 heterocycles. The number of ketones is 1. The first-order valence-electron chi connectivity index (χ1n) is 8.34. The van der Waals surface area contributed by atoms with Crippen molar-refractivity contribution in [1.29, 1.82) is 0 Å². The third kappa shape index (κ3) is 3.33. The Morgan fingerprint density at radius 3 is 2.52 bits per heavy atom. The summed E-state index contributed by atoms with van der Waals surface area (Å²) in [7, 11) is 0. The van der Waals surface area contributed by atoms with E-state index in [1.54, 1.807) is 39.0 Å². The quantitative estimate of drug-likeness (QED) is 0.630. The predicted molar refractivity (Wildman–Crippen MR) is 98.1 cm³/mol. The van der Waals surface area contributed by atoms with Gasteiger partial charge in [0.2, 0.25) is 0 Å². The average Bonchev–Trinajstić information content (AvgIpc) is 3.04. The Hall–Kier alpha value is -3.42. The van der Waals surface area contributed by atoms with Crippen LogP contribution < -0.4 is 10.6 Å². The van der Waals surface area contributed by atoms with Gasteiger partial charge in [-0.05, 0) is 51.5 Å². The van der Waals surface area contributed by atoms with Crippen LogP contribution in [0.25, 0.3) is 11.3 Å². The van der Waals surface area contributed by atoms with E-state index < -0.39 is 17.0 Å². The molecule has 0 saturated heterocycles. The summed E-state index contributed by atoms with van der Waals surface area (Å²) in [5.74, 6) is 0.749. The van der Waals surface area contributed by atoms with Gasteiger partial charge in [-0.15, -0.1) is 0 Å². The molecule has 3 rings (SSSR count). The summed E-state index contributed by atoms with van der Waals surface area (Å²) in [4.78, 5) is 34.5. The summed E-state index contributed by atoms with van der Waals surface area (Å²) in [6.07, 6.45) is 0. The zero-order valence-corrected chi connectivity index (χ0v) is 15.4. The maximum atomic E-state index is 12.0. The van der Waals surface area contributed by atoms with E-state index in [4.69, 9.17) is 4.42 Å². The number of amides is 2. The lowest BCUT2D eigenvalue weighted by molar-refractivity contribution is -0.385. The molecule has 2 aromatic rings. The number of furan rings is 1. The fourth-order valence-corrected chi connectivity index (χ4v) is 3.29. The van der Waals surface area contributed by atoms with Crippen molar-refractivity contribution in [3.05, 3.63) is 62.5 Å². The van der Waals surface area contributed by atoms with Crippen molar-refractivity contribution in [3.63, 3.8) is 0 Å². The van der Waals surface area contributed by atoms with Crippen molar-refractivity contribution in [2.24, 2.45) is 0 Å². The third-order valence-corrected chi connectivity index (χ3v) is 4.56. The van der Waals surface area contributed by atoms with Gasteiger partial charge in [0, 0.05) is 28.5 Å². The number of hydrogen-bond acceptors (Lipinski definition) is 5. The van der Waals surface area contributed by atoms with Gasteiger partial charge in [0.05, 0.1) is 4.92 Å². The molecule has 0 radical (unpaired) electrons. The van der Waals surface area contributed by atoms with Crippen molar-refractivity contribution in [3.8, 4) is 11.3 Å². The number of aryl methyl sites for hydroxylation is 2. The number of benzene rings is 1. The number of nitro benzene ring substituents is 1. The fourth-order valence-electron chi connectivity index (χ4n) is 3.29. The molecule has 0 aliphatic carbocycles. The summed E-state index contributed by atoms with van der Waals surface area (Å²) in [5.41, 5.74) is 2.89. The Kier molecular flexibility index (Phi) is 4.57. The molecule has 0 spiro atoms. The largest absolute Gasteiger partial charge is 0.459 e. The molecule has 1 atom stereocenters. The highest BCUT2D eigenvalue weighted by atomic mass is 16.6. The number of rotatable bonds is 4. The van der Waals surface area contributed by atoms with Crippen LogP contribution in [0.4, 0.5) is 10.5 Å². The van der Waals surface area contributed by atoms with Gasteiger partial charge < -0.3 is 15.1 Å². The number of nitrogens with zero attached hydrogens (tertiary/aromatic N) is 1. The summed E-state index contributed by atoms with van der Waals surface area (Å²) >= 11 is 0. The van der Waals surface area contributed by atoms with E-state index in [9.17, 15) is 19.7 Å². The lowest BCUT2D eigenvalue weighted by Crippen LogP contribution is -2.44. The summed E-state index contributed by atoms with van der Waals surface area (Å²) in [6.45, 7) is 6.52. The molecule has 2 N–H and O–H groups in total. The standard InChI is InChI=1S/C19H19N3O5/c1-9-8-14(22(25)26)10(2)7-13(9)15-5-6-16(27-15)18-17(12(4)23)11(3)20-19(24)21-18/h5-8,18H,1-4H3,(H2,20,21,24). The van der Waals surface area contributed by atoms with E-state index >= 15 is 0 Å². The summed E-state index contributed by atoms with van der Waals surface area (Å²) < 4.78 is 5.92. The van der Waals surface area contributed by atoms with E-state index in [1.807, 2.05) is 0 Å². The first-order valence-corrected chi connectivity index (χ1v) is 8.34. The zero-order valence-electron chi connectivity index (χ0n) is 15.4. The Balaban J connectivity index is 2.04. The van der Waals surface area contributed by atoms with Gasteiger partial charge in [-0.25, -0.2) is 4.79 Å². The monoisotopic (exact) mass is 369 g/mol. The molecule has 8 heteroatoms. The zero-order chi connectivity index (χ0) is 19.9. The van der Waals surface area contributed by atoms with E-state index in [0.717, 1.165) is 5.56 Å². The highest BCUT2D eigenvalue weighted by molar-refractivity contribution is 5.98. The molecule has 8 nitrogen and oxygen atoms in total. The number of urea groups is 1. The molecule has 1 aliphatic heterocycles. The van der Waals surface area contributed by atoms with Crippen LogP contribution in [0.5, 0.6) is 0 Å². The van der Waals surface area contributed by atoms with Crippen molar-refractivity contribution in [1.82, 2.24) is 10.6 Å². The molecule has 27 heavy (non-hydrogen) atoms. The highest BCUT2D eigenvalue weighted by Gasteiger charge is 2.31. The molecule has 2 amide bonds. The number of allylic oxidation sites excluding steroid dienone is 1. The van der Waals surface area contributed by atoms with Crippen LogP contribution in [0.15, 0.2) is 40.0 Å². The second-order valence-electron chi connectivity index (χ2n) is 6.54. The van der Waals surface area contributed by atoms with Crippen molar-refractivity contribution in [2.45, 2.75) is 33.7 Å². The summed E-state index contributed by atoms with van der Waals surface area (Å²) in [5, 5.41) is 16.4. The number of carbonyl (C=O) groups excluding carboxylic acids is 2. The van der Waals surface area contributed by atoms with Crippen LogP contribution in [0.3, 0.4) is 0 Å². The van der Waals surface area contributed by atoms with Gasteiger partial charge in [-0.2, -0.15) is 0 Å². The first kappa shape index (κ1) is 18.4. The lowest BCUT2D eigenvalue weighted by atomic mass is 9.97. The Labute approximate surface area is 155 Å². The van der Waals surface area contributed by atoms with Gasteiger partial charge >= 0.3 is 6.03 Å². The molecule has 1 aliphatic rings. The normalized spacial score (nSPS) is 16.7. The number of nitro groups is 1. The van der Waals surface area contributed by atoms with Crippen LogP contribution in [0, 0.1) is 24.0 Å². The van der Waals surface area contributed by atoms with Crippen LogP contribution >= 0.6 is 0 Å². The van der Waals surface area contributed by atoms with Crippen LogP contribution in [0.1, 0.15) is 36.8 Å². The molecule has 0 saturated carbocycles. The van der Waals surface area contributed by atoms with Crippen LogP contribution in [-0.2, 0) is 4.79 Å². The Morgan fingerprint density at radius 1 is 1.19 bits per heavy atom. The second kappa shape index (κ2) is 6.71. The highest BCUT2D eigenvalue weighted by Crippen LogP contribution is 2.35. The van der Waals surface area contributed by atoms with Crippen LogP contribution in [-0.4, -0.2) is 16.7 Å². The second-order valence-corrected chi connectivity index (χ2v) is 6.54. The average molecular weight is 369 g/mol. The fraction of sp³-hybridized carbons (Fsp3) is 0.263. The van der Waals surface area contributed by atoms with Gasteiger partial charge in [-0.1, -0.05) is 0 Å². The van der Waals surface area contributed by atoms with Crippen molar-refractivity contribution < 1.29 is 18.9 Å². The Bertz CT molecular complexity index is 1000. The molecular weight excluding hydrogens is 350 g/mol. The number of carbonyl (C=O) groups is 2. The van der Waals surface area contributed by atoms with E-state index in [-0.39, 0.29) is 11.5 Å².